The van der Waals surface area contributed by atoms with Crippen LogP contribution >= 0.6 is 27.7 Å². The minimum atomic E-state index is -0.987. The standard InChI is InChI=1S/C23H20BrNO3S/c1-28-22-14-18(24)8-10-21(22)25-20-11-9-19(13-17(20)7-12-23(26)27)29-15-16-5-3-2-4-6-16/h2-14,25H,15H2,1H3,(H,26,27). The summed E-state index contributed by atoms with van der Waals surface area (Å²) in [6.07, 6.45) is 2.74. The Morgan fingerprint density at radius 1 is 1.10 bits per heavy atom. The van der Waals surface area contributed by atoms with Gasteiger partial charge < -0.3 is 15.2 Å². The van der Waals surface area contributed by atoms with Crippen molar-refractivity contribution >= 4 is 51.1 Å². The van der Waals surface area contributed by atoms with Crippen LogP contribution in [0.1, 0.15) is 11.1 Å². The number of carbonyl (C=O) groups is 1. The van der Waals surface area contributed by atoms with E-state index in [4.69, 9.17) is 9.84 Å². The summed E-state index contributed by atoms with van der Waals surface area (Å²) in [7, 11) is 1.61. The number of benzene rings is 3. The van der Waals surface area contributed by atoms with Gasteiger partial charge in [0.15, 0.2) is 0 Å². The zero-order chi connectivity index (χ0) is 20.6. The Labute approximate surface area is 182 Å². The van der Waals surface area contributed by atoms with Crippen molar-refractivity contribution < 1.29 is 14.6 Å². The molecule has 4 nitrogen and oxygen atoms in total. The molecule has 2 N–H and O–H groups in total. The maximum absolute atomic E-state index is 11.0. The second-order valence-electron chi connectivity index (χ2n) is 6.16. The molecule has 3 aromatic rings. The maximum Gasteiger partial charge on any atom is 0.328 e. The van der Waals surface area contributed by atoms with Crippen LogP contribution in [0, 0.1) is 0 Å². The van der Waals surface area contributed by atoms with Gasteiger partial charge in [-0.1, -0.05) is 46.3 Å². The number of carboxylic acids is 1. The summed E-state index contributed by atoms with van der Waals surface area (Å²) in [5.41, 5.74) is 3.62. The van der Waals surface area contributed by atoms with Crippen molar-refractivity contribution in [2.75, 3.05) is 12.4 Å². The molecule has 0 atom stereocenters. The molecule has 3 rings (SSSR count). The molecule has 0 heterocycles. The molecule has 0 aromatic heterocycles. The summed E-state index contributed by atoms with van der Waals surface area (Å²) in [4.78, 5) is 12.1. The van der Waals surface area contributed by atoms with Gasteiger partial charge in [-0.15, -0.1) is 11.8 Å². The van der Waals surface area contributed by atoms with Gasteiger partial charge in [0.2, 0.25) is 0 Å². The lowest BCUT2D eigenvalue weighted by Crippen LogP contribution is -1.97. The number of halogens is 1. The molecule has 0 bridgehead atoms. The van der Waals surface area contributed by atoms with Gasteiger partial charge in [-0.2, -0.15) is 0 Å². The topological polar surface area (TPSA) is 58.6 Å². The van der Waals surface area contributed by atoms with E-state index in [-0.39, 0.29) is 0 Å². The Balaban J connectivity index is 1.87. The van der Waals surface area contributed by atoms with E-state index in [2.05, 4.69) is 33.4 Å². The van der Waals surface area contributed by atoms with Gasteiger partial charge in [0.05, 0.1) is 12.8 Å². The molecule has 6 heteroatoms. The van der Waals surface area contributed by atoms with Crippen LogP contribution in [0.4, 0.5) is 11.4 Å². The molecule has 0 aliphatic rings. The summed E-state index contributed by atoms with van der Waals surface area (Å²) < 4.78 is 6.35. The number of rotatable bonds is 8. The monoisotopic (exact) mass is 469 g/mol. The Bertz CT molecular complexity index is 1020. The minimum Gasteiger partial charge on any atom is -0.495 e. The van der Waals surface area contributed by atoms with Crippen LogP contribution in [0.25, 0.3) is 6.08 Å². The largest absolute Gasteiger partial charge is 0.495 e. The second kappa shape index (κ2) is 10.2. The number of nitrogens with one attached hydrogen (secondary N) is 1. The molecule has 0 spiro atoms. The first-order valence-corrected chi connectivity index (χ1v) is 10.7. The molecular weight excluding hydrogens is 450 g/mol. The highest BCUT2D eigenvalue weighted by Gasteiger charge is 2.08. The van der Waals surface area contributed by atoms with Crippen molar-refractivity contribution in [3.05, 3.63) is 88.4 Å². The predicted molar refractivity (Wildman–Crippen MR) is 123 cm³/mol. The second-order valence-corrected chi connectivity index (χ2v) is 8.13. The fraction of sp³-hybridized carbons (Fsp3) is 0.0870. The van der Waals surface area contributed by atoms with E-state index in [9.17, 15) is 4.79 Å². The summed E-state index contributed by atoms with van der Waals surface area (Å²) in [5, 5.41) is 12.4. The van der Waals surface area contributed by atoms with E-state index in [1.54, 1.807) is 24.9 Å². The van der Waals surface area contributed by atoms with Crippen molar-refractivity contribution in [1.82, 2.24) is 0 Å². The summed E-state index contributed by atoms with van der Waals surface area (Å²) in [6, 6.07) is 21.9. The van der Waals surface area contributed by atoms with Crippen LogP contribution in [0.2, 0.25) is 0 Å². The van der Waals surface area contributed by atoms with Gasteiger partial charge in [0, 0.05) is 26.9 Å². The number of anilines is 2. The Morgan fingerprint density at radius 2 is 1.86 bits per heavy atom. The predicted octanol–water partition coefficient (Wildman–Crippen LogP) is 6.59. The van der Waals surface area contributed by atoms with Crippen LogP contribution in [-0.2, 0) is 10.5 Å². The van der Waals surface area contributed by atoms with Gasteiger partial charge in [-0.3, -0.25) is 0 Å². The first-order valence-electron chi connectivity index (χ1n) is 8.87. The van der Waals surface area contributed by atoms with Crippen LogP contribution in [0.15, 0.2) is 82.2 Å². The fourth-order valence-electron chi connectivity index (χ4n) is 2.70. The highest BCUT2D eigenvalue weighted by Crippen LogP contribution is 2.34. The number of hydrogen-bond donors (Lipinski definition) is 2. The smallest absolute Gasteiger partial charge is 0.328 e. The number of methoxy groups -OCH3 is 1. The molecule has 0 amide bonds. The third kappa shape index (κ3) is 6.14. The van der Waals surface area contributed by atoms with Gasteiger partial charge >= 0.3 is 5.97 Å². The Morgan fingerprint density at radius 3 is 2.59 bits per heavy atom. The molecule has 0 aliphatic carbocycles. The normalized spacial score (nSPS) is 10.8. The lowest BCUT2D eigenvalue weighted by Gasteiger charge is -2.15. The van der Waals surface area contributed by atoms with E-state index in [1.807, 2.05) is 54.6 Å². The SMILES string of the molecule is COc1cc(Br)ccc1Nc1ccc(SCc2ccccc2)cc1C=CC(=O)O. The Kier molecular flexibility index (Phi) is 7.38. The fourth-order valence-corrected chi connectivity index (χ4v) is 3.94. The molecule has 29 heavy (non-hydrogen) atoms. The van der Waals surface area contributed by atoms with Gasteiger partial charge in [0.1, 0.15) is 5.75 Å². The quantitative estimate of drug-likeness (QED) is 0.287. The zero-order valence-corrected chi connectivity index (χ0v) is 18.2. The zero-order valence-electron chi connectivity index (χ0n) is 15.8. The first kappa shape index (κ1) is 21.0. The van der Waals surface area contributed by atoms with E-state index in [1.165, 1.54) is 5.56 Å². The summed E-state index contributed by atoms with van der Waals surface area (Å²) in [5.74, 6) is 0.547. The highest BCUT2D eigenvalue weighted by atomic mass is 79.9. The molecule has 0 radical (unpaired) electrons. The van der Waals surface area contributed by atoms with Crippen molar-refractivity contribution in [1.29, 1.82) is 0 Å². The molecule has 0 saturated heterocycles. The van der Waals surface area contributed by atoms with Crippen LogP contribution < -0.4 is 10.1 Å². The lowest BCUT2D eigenvalue weighted by molar-refractivity contribution is -0.131. The molecule has 0 aliphatic heterocycles. The number of hydrogen-bond acceptors (Lipinski definition) is 4. The molecule has 148 valence electrons. The van der Waals surface area contributed by atoms with E-state index in [0.29, 0.717) is 5.75 Å². The molecule has 3 aromatic carbocycles. The molecule has 0 unspecified atom stereocenters. The van der Waals surface area contributed by atoms with Gasteiger partial charge in [0.25, 0.3) is 0 Å². The molecule has 0 fully saturated rings. The number of thioether (sulfide) groups is 1. The average molecular weight is 470 g/mol. The maximum atomic E-state index is 11.0. The first-order chi connectivity index (χ1) is 14.0. The summed E-state index contributed by atoms with van der Waals surface area (Å²) >= 11 is 5.14. The van der Waals surface area contributed by atoms with Crippen LogP contribution in [0.3, 0.4) is 0 Å². The Hall–Kier alpha value is -2.70. The highest BCUT2D eigenvalue weighted by molar-refractivity contribution is 9.10. The third-order valence-electron chi connectivity index (χ3n) is 4.11. The van der Waals surface area contributed by atoms with Gasteiger partial charge in [-0.25, -0.2) is 4.79 Å². The molecular formula is C23H20BrNO3S. The molecule has 0 saturated carbocycles. The van der Waals surface area contributed by atoms with E-state index >= 15 is 0 Å². The van der Waals surface area contributed by atoms with Crippen molar-refractivity contribution in [2.24, 2.45) is 0 Å². The van der Waals surface area contributed by atoms with Crippen molar-refractivity contribution in [3.63, 3.8) is 0 Å². The van der Waals surface area contributed by atoms with Crippen LogP contribution in [0.5, 0.6) is 5.75 Å². The minimum absolute atomic E-state index is 0.690. The van der Waals surface area contributed by atoms with E-state index in [0.717, 1.165) is 38.1 Å². The van der Waals surface area contributed by atoms with Crippen LogP contribution in [-0.4, -0.2) is 18.2 Å². The average Bonchev–Trinajstić information content (AvgIpc) is 2.73. The number of carboxylic acid groups (broad SMARTS) is 1. The number of ether oxygens (including phenoxy) is 1. The van der Waals surface area contributed by atoms with Crippen molar-refractivity contribution in [3.8, 4) is 5.75 Å². The van der Waals surface area contributed by atoms with Gasteiger partial charge in [-0.05, 0) is 53.6 Å². The number of aliphatic carboxylic acids is 1. The lowest BCUT2D eigenvalue weighted by atomic mass is 10.1. The van der Waals surface area contributed by atoms with E-state index < -0.39 is 5.97 Å². The van der Waals surface area contributed by atoms with Crippen molar-refractivity contribution in [2.45, 2.75) is 10.6 Å². The summed E-state index contributed by atoms with van der Waals surface area (Å²) in [6.45, 7) is 0. The third-order valence-corrected chi connectivity index (χ3v) is 5.67.